The number of nitrogens with one attached hydrogen (secondary N) is 2. The van der Waals surface area contributed by atoms with Gasteiger partial charge in [0.1, 0.15) is 6.04 Å². The van der Waals surface area contributed by atoms with Crippen molar-refractivity contribution < 1.29 is 9.59 Å². The van der Waals surface area contributed by atoms with Gasteiger partial charge in [-0.2, -0.15) is 5.10 Å². The molecular formula is C16H18ClN5O2. The van der Waals surface area contributed by atoms with Gasteiger partial charge in [-0.25, -0.2) is 9.48 Å². The van der Waals surface area contributed by atoms with Crippen LogP contribution in [0.25, 0.3) is 5.69 Å². The molecular weight excluding hydrogens is 330 g/mol. The van der Waals surface area contributed by atoms with Crippen LogP contribution in [-0.2, 0) is 4.79 Å². The molecule has 0 bridgehead atoms. The first-order valence-corrected chi connectivity index (χ1v) is 8.01. The molecule has 2 N–H and O–H groups in total. The smallest absolute Gasteiger partial charge is 0.324 e. The van der Waals surface area contributed by atoms with Gasteiger partial charge in [0, 0.05) is 18.1 Å². The van der Waals surface area contributed by atoms with Crippen molar-refractivity contribution in [2.45, 2.75) is 19.9 Å². The zero-order valence-electron chi connectivity index (χ0n) is 13.4. The highest BCUT2D eigenvalue weighted by Gasteiger charge is 2.30. The molecule has 3 amide bonds. The fourth-order valence-corrected chi connectivity index (χ4v) is 2.81. The number of amides is 3. The van der Waals surface area contributed by atoms with E-state index >= 15 is 0 Å². The Morgan fingerprint density at radius 2 is 2.25 bits per heavy atom. The highest BCUT2D eigenvalue weighted by Crippen LogP contribution is 2.21. The lowest BCUT2D eigenvalue weighted by atomic mass is 10.2. The molecule has 24 heavy (non-hydrogen) atoms. The average molecular weight is 348 g/mol. The van der Waals surface area contributed by atoms with Crippen LogP contribution in [0, 0.1) is 6.92 Å². The summed E-state index contributed by atoms with van der Waals surface area (Å²) in [6.45, 7) is 4.51. The van der Waals surface area contributed by atoms with E-state index < -0.39 is 6.04 Å². The van der Waals surface area contributed by atoms with Crippen molar-refractivity contribution >= 4 is 29.2 Å². The summed E-state index contributed by atoms with van der Waals surface area (Å²) >= 11 is 6.02. The van der Waals surface area contributed by atoms with Crippen LogP contribution in [0.2, 0.25) is 5.02 Å². The summed E-state index contributed by atoms with van der Waals surface area (Å²) in [4.78, 5) is 25.2. The van der Waals surface area contributed by atoms with Crippen LogP contribution in [0.15, 0.2) is 30.5 Å². The molecule has 3 rings (SSSR count). The lowest BCUT2D eigenvalue weighted by Gasteiger charge is -2.19. The highest BCUT2D eigenvalue weighted by atomic mass is 35.5. The molecule has 1 unspecified atom stereocenters. The molecule has 1 aromatic carbocycles. The minimum Gasteiger partial charge on any atom is -0.371 e. The predicted octanol–water partition coefficient (Wildman–Crippen LogP) is 2.19. The number of hydrogen-bond acceptors (Lipinski definition) is 4. The van der Waals surface area contributed by atoms with E-state index in [0.29, 0.717) is 18.1 Å². The first kappa shape index (κ1) is 16.3. The lowest BCUT2D eigenvalue weighted by Crippen LogP contribution is -2.43. The Labute approximate surface area is 144 Å². The number of aromatic nitrogens is 2. The molecule has 1 saturated heterocycles. The van der Waals surface area contributed by atoms with Gasteiger partial charge >= 0.3 is 6.03 Å². The van der Waals surface area contributed by atoms with Gasteiger partial charge in [0.05, 0.1) is 23.3 Å². The number of hydrogen-bond donors (Lipinski definition) is 2. The highest BCUT2D eigenvalue weighted by molar-refractivity contribution is 6.30. The summed E-state index contributed by atoms with van der Waals surface area (Å²) < 4.78 is 1.74. The summed E-state index contributed by atoms with van der Waals surface area (Å²) in [5.74, 6) is -0.264. The van der Waals surface area contributed by atoms with E-state index in [1.54, 1.807) is 23.9 Å². The van der Waals surface area contributed by atoms with Crippen molar-refractivity contribution in [2.75, 3.05) is 18.4 Å². The molecule has 0 aliphatic carbocycles. The van der Waals surface area contributed by atoms with Crippen LogP contribution in [0.3, 0.4) is 0 Å². The Bertz CT molecular complexity index is 789. The second kappa shape index (κ2) is 6.52. The minimum atomic E-state index is -0.537. The minimum absolute atomic E-state index is 0.264. The SMILES string of the molecule is Cc1c(NC(C)C(=O)N2CCNC2=O)cnn1-c1cccc(Cl)c1. The third-order valence-corrected chi connectivity index (χ3v) is 4.16. The van der Waals surface area contributed by atoms with Gasteiger partial charge in [-0.3, -0.25) is 9.69 Å². The number of nitrogens with zero attached hydrogens (tertiary/aromatic N) is 3. The van der Waals surface area contributed by atoms with Crippen LogP contribution >= 0.6 is 11.6 Å². The maximum atomic E-state index is 12.4. The summed E-state index contributed by atoms with van der Waals surface area (Å²) in [6.07, 6.45) is 1.66. The number of imide groups is 1. The maximum absolute atomic E-state index is 12.4. The number of rotatable bonds is 4. The number of halogens is 1. The maximum Gasteiger partial charge on any atom is 0.324 e. The number of carbonyl (C=O) groups is 2. The molecule has 1 fully saturated rings. The van der Waals surface area contributed by atoms with Crippen LogP contribution < -0.4 is 10.6 Å². The van der Waals surface area contributed by atoms with E-state index in [0.717, 1.165) is 17.1 Å². The Balaban J connectivity index is 1.76. The normalized spacial score (nSPS) is 15.3. The molecule has 8 heteroatoms. The first-order valence-electron chi connectivity index (χ1n) is 7.63. The molecule has 1 aliphatic heterocycles. The average Bonchev–Trinajstić information content (AvgIpc) is 3.13. The van der Waals surface area contributed by atoms with E-state index in [1.165, 1.54) is 4.90 Å². The van der Waals surface area contributed by atoms with Crippen LogP contribution in [-0.4, -0.2) is 45.8 Å². The summed E-state index contributed by atoms with van der Waals surface area (Å²) in [5.41, 5.74) is 2.42. The Morgan fingerprint density at radius 3 is 2.92 bits per heavy atom. The van der Waals surface area contributed by atoms with Gasteiger partial charge in [0.2, 0.25) is 0 Å². The molecule has 126 valence electrons. The van der Waals surface area contributed by atoms with Gasteiger partial charge in [-0.1, -0.05) is 17.7 Å². The Morgan fingerprint density at radius 1 is 1.46 bits per heavy atom. The van der Waals surface area contributed by atoms with Crippen molar-refractivity contribution in [3.8, 4) is 5.69 Å². The number of anilines is 1. The zero-order chi connectivity index (χ0) is 17.3. The van der Waals surface area contributed by atoms with E-state index in [4.69, 9.17) is 11.6 Å². The molecule has 1 aromatic heterocycles. The molecule has 2 heterocycles. The molecule has 1 aliphatic rings. The second-order valence-corrected chi connectivity index (χ2v) is 6.06. The molecule has 0 radical (unpaired) electrons. The molecule has 7 nitrogen and oxygen atoms in total. The van der Waals surface area contributed by atoms with Crippen LogP contribution in [0.4, 0.5) is 10.5 Å². The largest absolute Gasteiger partial charge is 0.371 e. The monoisotopic (exact) mass is 347 g/mol. The van der Waals surface area contributed by atoms with Crippen molar-refractivity contribution in [2.24, 2.45) is 0 Å². The van der Waals surface area contributed by atoms with E-state index in [9.17, 15) is 9.59 Å². The molecule has 0 spiro atoms. The van der Waals surface area contributed by atoms with E-state index in [2.05, 4.69) is 15.7 Å². The van der Waals surface area contributed by atoms with Gasteiger partial charge in [0.25, 0.3) is 5.91 Å². The Kier molecular flexibility index (Phi) is 4.44. The van der Waals surface area contributed by atoms with E-state index in [1.807, 2.05) is 25.1 Å². The summed E-state index contributed by atoms with van der Waals surface area (Å²) in [6, 6.07) is 6.48. The second-order valence-electron chi connectivity index (χ2n) is 5.62. The first-order chi connectivity index (χ1) is 11.5. The standard InChI is InChI=1S/C16H18ClN5O2/c1-10(15(23)21-7-6-18-16(21)24)20-14-9-19-22(11(14)2)13-5-3-4-12(17)8-13/h3-5,8-10,20H,6-7H2,1-2H3,(H,18,24). The van der Waals surface area contributed by atoms with Crippen LogP contribution in [0.5, 0.6) is 0 Å². The van der Waals surface area contributed by atoms with Crippen LogP contribution in [0.1, 0.15) is 12.6 Å². The van der Waals surface area contributed by atoms with Gasteiger partial charge in [0.15, 0.2) is 0 Å². The van der Waals surface area contributed by atoms with Crippen molar-refractivity contribution in [3.63, 3.8) is 0 Å². The third-order valence-electron chi connectivity index (χ3n) is 3.93. The quantitative estimate of drug-likeness (QED) is 0.888. The molecule has 0 saturated carbocycles. The lowest BCUT2D eigenvalue weighted by molar-refractivity contribution is -0.128. The number of benzene rings is 1. The topological polar surface area (TPSA) is 79.3 Å². The van der Waals surface area contributed by atoms with Crippen molar-refractivity contribution in [3.05, 3.63) is 41.2 Å². The number of carbonyl (C=O) groups excluding carboxylic acids is 2. The fraction of sp³-hybridized carbons (Fsp3) is 0.312. The predicted molar refractivity (Wildman–Crippen MR) is 91.5 cm³/mol. The van der Waals surface area contributed by atoms with E-state index in [-0.39, 0.29) is 11.9 Å². The zero-order valence-corrected chi connectivity index (χ0v) is 14.2. The third kappa shape index (κ3) is 3.07. The summed E-state index contributed by atoms with van der Waals surface area (Å²) in [5, 5.41) is 10.7. The number of urea groups is 1. The fourth-order valence-electron chi connectivity index (χ4n) is 2.63. The van der Waals surface area contributed by atoms with Gasteiger partial charge in [-0.05, 0) is 32.0 Å². The molecule has 2 aromatic rings. The van der Waals surface area contributed by atoms with Crippen molar-refractivity contribution in [1.82, 2.24) is 20.0 Å². The molecule has 1 atom stereocenters. The van der Waals surface area contributed by atoms with Crippen molar-refractivity contribution in [1.29, 1.82) is 0 Å². The Hall–Kier alpha value is -2.54. The van der Waals surface area contributed by atoms with Gasteiger partial charge < -0.3 is 10.6 Å². The summed E-state index contributed by atoms with van der Waals surface area (Å²) in [7, 11) is 0. The van der Waals surface area contributed by atoms with Gasteiger partial charge in [-0.15, -0.1) is 0 Å².